The molecule has 31 heavy (non-hydrogen) atoms. The second-order valence-electron chi connectivity index (χ2n) is 7.80. The van der Waals surface area contributed by atoms with Crippen LogP contribution in [0.15, 0.2) is 48.0 Å². The van der Waals surface area contributed by atoms with E-state index in [4.69, 9.17) is 4.74 Å². The number of ether oxygens (including phenoxy) is 1. The molecular formula is C21H23FN4O4S. The van der Waals surface area contributed by atoms with Crippen LogP contribution in [-0.2, 0) is 9.84 Å². The predicted molar refractivity (Wildman–Crippen MR) is 114 cm³/mol. The lowest BCUT2D eigenvalue weighted by Gasteiger charge is -2.34. The number of para-hydroxylation sites is 1. The molecule has 1 aromatic carbocycles. The Labute approximate surface area is 180 Å². The molecule has 4 rings (SSSR count). The number of hydrogen-bond donors (Lipinski definition) is 1. The number of halogens is 1. The number of nitrogens with zero attached hydrogens (tertiary/aromatic N) is 3. The van der Waals surface area contributed by atoms with E-state index in [-0.39, 0.29) is 36.4 Å². The maximum absolute atomic E-state index is 13.2. The first-order valence-electron chi connectivity index (χ1n) is 9.96. The van der Waals surface area contributed by atoms with E-state index in [2.05, 4.69) is 15.3 Å². The summed E-state index contributed by atoms with van der Waals surface area (Å²) in [6.07, 6.45) is 4.84. The normalized spacial score (nSPS) is 17.9. The number of hydrogen-bond acceptors (Lipinski definition) is 7. The second-order valence-corrected chi connectivity index (χ2v) is 9.73. The number of anilines is 1. The van der Waals surface area contributed by atoms with Gasteiger partial charge in [-0.05, 0) is 30.9 Å². The van der Waals surface area contributed by atoms with E-state index in [1.165, 1.54) is 12.3 Å². The topological polar surface area (TPSA) is 101 Å². The summed E-state index contributed by atoms with van der Waals surface area (Å²) in [5.41, 5.74) is 0.114. The van der Waals surface area contributed by atoms with Crippen molar-refractivity contribution < 1.29 is 22.3 Å². The van der Waals surface area contributed by atoms with Gasteiger partial charge in [-0.15, -0.1) is 0 Å². The summed E-state index contributed by atoms with van der Waals surface area (Å²) in [7, 11) is -3.31. The summed E-state index contributed by atoms with van der Waals surface area (Å²) in [4.78, 5) is 23.2. The molecule has 164 valence electrons. The molecule has 1 aromatic heterocycles. The summed E-state index contributed by atoms with van der Waals surface area (Å²) < 4.78 is 42.0. The van der Waals surface area contributed by atoms with Gasteiger partial charge in [0.05, 0.1) is 19.1 Å². The van der Waals surface area contributed by atoms with Crippen molar-refractivity contribution in [2.24, 2.45) is 5.92 Å². The van der Waals surface area contributed by atoms with Crippen LogP contribution in [0, 0.1) is 5.92 Å². The van der Waals surface area contributed by atoms with Crippen LogP contribution < -0.4 is 15.0 Å². The Morgan fingerprint density at radius 2 is 2.00 bits per heavy atom. The zero-order valence-corrected chi connectivity index (χ0v) is 17.8. The van der Waals surface area contributed by atoms with Gasteiger partial charge in [0.2, 0.25) is 11.8 Å². The van der Waals surface area contributed by atoms with Crippen molar-refractivity contribution in [1.82, 2.24) is 15.3 Å². The molecule has 1 saturated heterocycles. The Balaban J connectivity index is 1.59. The molecule has 8 nitrogen and oxygen atoms in total. The summed E-state index contributed by atoms with van der Waals surface area (Å²) in [5, 5.41) is 3.96. The second kappa shape index (κ2) is 8.62. The highest BCUT2D eigenvalue weighted by molar-refractivity contribution is 7.93. The highest BCUT2D eigenvalue weighted by Gasteiger charge is 2.33. The van der Waals surface area contributed by atoms with Gasteiger partial charge in [0.15, 0.2) is 9.84 Å². The number of benzene rings is 1. The molecular weight excluding hydrogens is 423 g/mol. The average Bonchev–Trinajstić information content (AvgIpc) is 3.54. The van der Waals surface area contributed by atoms with E-state index in [0.29, 0.717) is 5.75 Å². The Hall–Kier alpha value is -3.01. The van der Waals surface area contributed by atoms with Gasteiger partial charge in [-0.2, -0.15) is 4.98 Å². The third kappa shape index (κ3) is 5.57. The predicted octanol–water partition coefficient (Wildman–Crippen LogP) is 2.49. The summed E-state index contributed by atoms with van der Waals surface area (Å²) in [5.74, 6) is 0.538. The zero-order chi connectivity index (χ0) is 22.0. The van der Waals surface area contributed by atoms with Gasteiger partial charge < -0.3 is 15.0 Å². The molecule has 10 heteroatoms. The summed E-state index contributed by atoms with van der Waals surface area (Å²) in [6.45, 7) is 0.382. The Morgan fingerprint density at radius 1 is 1.29 bits per heavy atom. The molecule has 2 heterocycles. The van der Waals surface area contributed by atoms with Gasteiger partial charge in [-0.1, -0.05) is 24.3 Å². The molecule has 2 aliphatic rings. The SMILES string of the molecule is CS(=O)(=O)/C=C/C(NC(=O)c1cnc(N2CC(F)C2)nc1Oc1ccccc1)C1CC1. The van der Waals surface area contributed by atoms with Crippen LogP contribution in [0.5, 0.6) is 11.6 Å². The average molecular weight is 447 g/mol. The Bertz CT molecular complexity index is 1080. The van der Waals surface area contributed by atoms with Crippen LogP contribution in [0.3, 0.4) is 0 Å². The lowest BCUT2D eigenvalue weighted by atomic mass is 10.1. The van der Waals surface area contributed by atoms with Crippen molar-refractivity contribution in [2.75, 3.05) is 24.2 Å². The molecule has 1 atom stereocenters. The number of nitrogens with one attached hydrogen (secondary N) is 1. The van der Waals surface area contributed by atoms with E-state index in [9.17, 15) is 17.6 Å². The smallest absolute Gasteiger partial charge is 0.258 e. The number of alkyl halides is 1. The highest BCUT2D eigenvalue weighted by Crippen LogP contribution is 2.34. The Kier molecular flexibility index (Phi) is 5.90. The van der Waals surface area contributed by atoms with E-state index < -0.39 is 28.0 Å². The van der Waals surface area contributed by atoms with E-state index in [1.807, 2.05) is 6.07 Å². The summed E-state index contributed by atoms with van der Waals surface area (Å²) >= 11 is 0. The van der Waals surface area contributed by atoms with E-state index >= 15 is 0 Å². The van der Waals surface area contributed by atoms with E-state index in [1.54, 1.807) is 29.2 Å². The third-order valence-corrected chi connectivity index (χ3v) is 5.68. The van der Waals surface area contributed by atoms with Crippen LogP contribution in [0.2, 0.25) is 0 Å². The number of sulfone groups is 1. The van der Waals surface area contributed by atoms with Crippen molar-refractivity contribution in [1.29, 1.82) is 0 Å². The van der Waals surface area contributed by atoms with Crippen LogP contribution in [-0.4, -0.2) is 55.9 Å². The van der Waals surface area contributed by atoms with Crippen molar-refractivity contribution in [3.63, 3.8) is 0 Å². The molecule has 1 aliphatic carbocycles. The molecule has 2 fully saturated rings. The van der Waals surface area contributed by atoms with Crippen molar-refractivity contribution in [3.05, 3.63) is 53.6 Å². The standard InChI is InChI=1S/C21H23FN4O4S/c1-31(28,29)10-9-18(14-7-8-14)24-19(27)17-11-23-21(26-12-15(22)13-26)25-20(17)30-16-5-3-2-4-6-16/h2-6,9-11,14-15,18H,7-8,12-13H2,1H3,(H,24,27)/b10-9+. The molecule has 1 saturated carbocycles. The lowest BCUT2D eigenvalue weighted by molar-refractivity contribution is 0.0937. The monoisotopic (exact) mass is 446 g/mol. The molecule has 1 aliphatic heterocycles. The van der Waals surface area contributed by atoms with Gasteiger partial charge in [-0.25, -0.2) is 17.8 Å². The Morgan fingerprint density at radius 3 is 2.61 bits per heavy atom. The minimum absolute atomic E-state index is 0.0534. The fourth-order valence-corrected chi connectivity index (χ4v) is 3.62. The molecule has 0 radical (unpaired) electrons. The van der Waals surface area contributed by atoms with Gasteiger partial charge in [0.1, 0.15) is 17.5 Å². The molecule has 1 amide bonds. The third-order valence-electron chi connectivity index (χ3n) is 5.02. The quantitative estimate of drug-likeness (QED) is 0.665. The number of aromatic nitrogens is 2. The number of carbonyl (C=O) groups is 1. The van der Waals surface area contributed by atoms with Crippen LogP contribution in [0.1, 0.15) is 23.2 Å². The fraction of sp³-hybridized carbons (Fsp3) is 0.381. The highest BCUT2D eigenvalue weighted by atomic mass is 32.2. The molecule has 1 N–H and O–H groups in total. The van der Waals surface area contributed by atoms with Crippen LogP contribution in [0.4, 0.5) is 10.3 Å². The largest absolute Gasteiger partial charge is 0.438 e. The minimum Gasteiger partial charge on any atom is -0.438 e. The first-order valence-corrected chi connectivity index (χ1v) is 11.9. The van der Waals surface area contributed by atoms with Crippen LogP contribution >= 0.6 is 0 Å². The zero-order valence-electron chi connectivity index (χ0n) is 16.9. The number of carbonyl (C=O) groups excluding carboxylic acids is 1. The molecule has 0 bridgehead atoms. The molecule has 0 spiro atoms. The van der Waals surface area contributed by atoms with Gasteiger partial charge >= 0.3 is 0 Å². The first-order chi connectivity index (χ1) is 14.8. The first kappa shape index (κ1) is 21.2. The lowest BCUT2D eigenvalue weighted by Crippen LogP contribution is -2.49. The van der Waals surface area contributed by atoms with Crippen LogP contribution in [0.25, 0.3) is 0 Å². The molecule has 2 aromatic rings. The summed E-state index contributed by atoms with van der Waals surface area (Å²) in [6, 6.07) is 8.45. The van der Waals surface area contributed by atoms with Crippen molar-refractivity contribution in [2.45, 2.75) is 25.1 Å². The minimum atomic E-state index is -3.31. The fourth-order valence-electron chi connectivity index (χ4n) is 3.17. The van der Waals surface area contributed by atoms with Gasteiger partial charge in [0, 0.05) is 17.9 Å². The van der Waals surface area contributed by atoms with E-state index in [0.717, 1.165) is 24.5 Å². The number of amides is 1. The molecule has 1 unspecified atom stereocenters. The number of rotatable bonds is 8. The maximum atomic E-state index is 13.2. The maximum Gasteiger partial charge on any atom is 0.258 e. The van der Waals surface area contributed by atoms with Crippen molar-refractivity contribution >= 4 is 21.7 Å². The van der Waals surface area contributed by atoms with Crippen molar-refractivity contribution in [3.8, 4) is 11.6 Å². The van der Waals surface area contributed by atoms with Gasteiger partial charge in [0.25, 0.3) is 5.91 Å². The van der Waals surface area contributed by atoms with Gasteiger partial charge in [-0.3, -0.25) is 4.79 Å².